The van der Waals surface area contributed by atoms with Gasteiger partial charge in [0.05, 0.1) is 0 Å². The van der Waals surface area contributed by atoms with Gasteiger partial charge in [-0.3, -0.25) is 9.69 Å². The fourth-order valence-corrected chi connectivity index (χ4v) is 3.95. The molecule has 0 spiro atoms. The summed E-state index contributed by atoms with van der Waals surface area (Å²) in [5, 5.41) is 2.09. The Labute approximate surface area is 106 Å². The number of hydrogen-bond donors (Lipinski definition) is 1. The van der Waals surface area contributed by atoms with Crippen LogP contribution in [0.2, 0.25) is 0 Å². The van der Waals surface area contributed by atoms with Crippen molar-refractivity contribution in [2.45, 2.75) is 43.8 Å². The van der Waals surface area contributed by atoms with E-state index in [0.717, 1.165) is 32.2 Å². The van der Waals surface area contributed by atoms with Gasteiger partial charge in [0, 0.05) is 17.5 Å². The summed E-state index contributed by atoms with van der Waals surface area (Å²) in [6.07, 6.45) is 6.19. The molecule has 2 aliphatic rings. The van der Waals surface area contributed by atoms with Gasteiger partial charge >= 0.3 is 0 Å². The first-order valence-electron chi connectivity index (χ1n) is 6.13. The molecule has 91 valence electrons. The lowest BCUT2D eigenvalue weighted by Gasteiger charge is -2.42. The maximum atomic E-state index is 11.8. The standard InChI is InChI=1S/C13H17N2OS/c14-12(16)13-6-1-3-10(5-7-13)15(13)9-11-4-2-8-17-11/h1-2,4,8,10H,3,5-7,9H2,(H2,14,16). The van der Waals surface area contributed by atoms with E-state index >= 15 is 0 Å². The van der Waals surface area contributed by atoms with Crippen LogP contribution in [0.4, 0.5) is 0 Å². The van der Waals surface area contributed by atoms with E-state index in [4.69, 9.17) is 5.73 Å². The number of carbonyl (C=O) groups excluding carboxylic acids is 1. The number of rotatable bonds is 3. The number of primary amides is 1. The van der Waals surface area contributed by atoms with Crippen LogP contribution in [-0.4, -0.2) is 22.4 Å². The molecule has 1 amide bonds. The van der Waals surface area contributed by atoms with E-state index in [1.54, 1.807) is 11.3 Å². The van der Waals surface area contributed by atoms with Crippen LogP contribution in [-0.2, 0) is 11.3 Å². The predicted octanol–water partition coefficient (Wildman–Crippen LogP) is 1.93. The molecule has 3 heterocycles. The Bertz CT molecular complexity index is 413. The highest BCUT2D eigenvalue weighted by Gasteiger charge is 2.52. The average molecular weight is 249 g/mol. The Kier molecular flexibility index (Phi) is 2.71. The zero-order chi connectivity index (χ0) is 11.9. The minimum atomic E-state index is -0.396. The number of hydrogen-bond acceptors (Lipinski definition) is 3. The summed E-state index contributed by atoms with van der Waals surface area (Å²) < 4.78 is 0. The van der Waals surface area contributed by atoms with Gasteiger partial charge in [0.15, 0.2) is 0 Å². The molecule has 3 nitrogen and oxygen atoms in total. The van der Waals surface area contributed by atoms with Gasteiger partial charge in [0.1, 0.15) is 5.54 Å². The maximum absolute atomic E-state index is 11.8. The van der Waals surface area contributed by atoms with Crippen LogP contribution in [0.25, 0.3) is 0 Å². The molecule has 0 saturated carbocycles. The van der Waals surface area contributed by atoms with Crippen molar-refractivity contribution in [1.29, 1.82) is 0 Å². The van der Waals surface area contributed by atoms with Crippen LogP contribution in [0.3, 0.4) is 0 Å². The molecule has 2 fully saturated rings. The van der Waals surface area contributed by atoms with Crippen LogP contribution < -0.4 is 5.73 Å². The van der Waals surface area contributed by atoms with Crippen LogP contribution in [0, 0.1) is 6.42 Å². The zero-order valence-corrected chi connectivity index (χ0v) is 10.6. The molecular weight excluding hydrogens is 232 g/mol. The Balaban J connectivity index is 1.88. The highest BCUT2D eigenvalue weighted by molar-refractivity contribution is 7.09. The number of carbonyl (C=O) groups is 1. The number of piperidine rings is 1. The molecule has 2 saturated heterocycles. The molecular formula is C13H17N2OS. The first kappa shape index (κ1) is 11.2. The largest absolute Gasteiger partial charge is 0.368 e. The van der Waals surface area contributed by atoms with Crippen molar-refractivity contribution >= 4 is 17.2 Å². The molecule has 2 unspecified atom stereocenters. The van der Waals surface area contributed by atoms with Crippen molar-refractivity contribution in [2.24, 2.45) is 5.73 Å². The Morgan fingerprint density at radius 2 is 2.53 bits per heavy atom. The van der Waals surface area contributed by atoms with Crippen molar-refractivity contribution in [3.05, 3.63) is 28.8 Å². The van der Waals surface area contributed by atoms with Crippen LogP contribution >= 0.6 is 11.3 Å². The van der Waals surface area contributed by atoms with Gasteiger partial charge in [-0.1, -0.05) is 6.07 Å². The molecule has 2 bridgehead atoms. The fraction of sp³-hybridized carbons (Fsp3) is 0.538. The summed E-state index contributed by atoms with van der Waals surface area (Å²) in [7, 11) is 0. The predicted molar refractivity (Wildman–Crippen MR) is 68.3 cm³/mol. The molecule has 0 aliphatic carbocycles. The first-order chi connectivity index (χ1) is 8.22. The summed E-state index contributed by atoms with van der Waals surface area (Å²) in [4.78, 5) is 15.5. The highest BCUT2D eigenvalue weighted by Crippen LogP contribution is 2.44. The Morgan fingerprint density at radius 1 is 1.65 bits per heavy atom. The van der Waals surface area contributed by atoms with Crippen molar-refractivity contribution in [3.63, 3.8) is 0 Å². The van der Waals surface area contributed by atoms with Crippen molar-refractivity contribution in [1.82, 2.24) is 4.90 Å². The van der Waals surface area contributed by atoms with Gasteiger partial charge in [-0.25, -0.2) is 0 Å². The number of thiophene rings is 1. The van der Waals surface area contributed by atoms with E-state index in [1.165, 1.54) is 4.88 Å². The fourth-order valence-electron chi connectivity index (χ4n) is 3.25. The highest BCUT2D eigenvalue weighted by atomic mass is 32.1. The molecule has 1 aromatic rings. The van der Waals surface area contributed by atoms with E-state index in [-0.39, 0.29) is 5.91 Å². The quantitative estimate of drug-likeness (QED) is 0.889. The van der Waals surface area contributed by atoms with Gasteiger partial charge in [-0.2, -0.15) is 0 Å². The molecule has 1 aromatic heterocycles. The number of nitrogens with two attached hydrogens (primary N) is 1. The molecule has 1 radical (unpaired) electrons. The second-order valence-electron chi connectivity index (χ2n) is 5.02. The monoisotopic (exact) mass is 249 g/mol. The van der Waals surface area contributed by atoms with Gasteiger partial charge in [0.2, 0.25) is 5.91 Å². The second kappa shape index (κ2) is 4.10. The van der Waals surface area contributed by atoms with E-state index < -0.39 is 5.54 Å². The summed E-state index contributed by atoms with van der Waals surface area (Å²) in [6, 6.07) is 4.71. The van der Waals surface area contributed by atoms with E-state index in [2.05, 4.69) is 28.8 Å². The Morgan fingerprint density at radius 3 is 3.24 bits per heavy atom. The molecule has 2 atom stereocenters. The summed E-state index contributed by atoms with van der Waals surface area (Å²) in [5.74, 6) is -0.146. The smallest absolute Gasteiger partial charge is 0.237 e. The molecule has 2 N–H and O–H groups in total. The lowest BCUT2D eigenvalue weighted by Crippen LogP contribution is -2.57. The second-order valence-corrected chi connectivity index (χ2v) is 6.06. The zero-order valence-electron chi connectivity index (χ0n) is 9.76. The van der Waals surface area contributed by atoms with Gasteiger partial charge in [-0.15, -0.1) is 11.3 Å². The molecule has 2 aliphatic heterocycles. The van der Waals surface area contributed by atoms with E-state index in [0.29, 0.717) is 6.04 Å². The molecule has 3 rings (SSSR count). The minimum Gasteiger partial charge on any atom is -0.368 e. The number of amides is 1. The molecule has 17 heavy (non-hydrogen) atoms. The molecule has 0 aromatic carbocycles. The van der Waals surface area contributed by atoms with Crippen molar-refractivity contribution in [2.75, 3.05) is 0 Å². The van der Waals surface area contributed by atoms with Crippen molar-refractivity contribution < 1.29 is 4.79 Å². The molecule has 4 heteroatoms. The summed E-state index contributed by atoms with van der Waals surface area (Å²) in [6.45, 7) is 0.874. The SMILES string of the molecule is NC(=O)C12C[CH]CC(CC1)N2Cc1cccs1. The van der Waals surface area contributed by atoms with Crippen LogP contribution in [0.15, 0.2) is 17.5 Å². The third-order valence-corrected chi connectivity index (χ3v) is 5.03. The maximum Gasteiger partial charge on any atom is 0.237 e. The van der Waals surface area contributed by atoms with Crippen molar-refractivity contribution in [3.8, 4) is 0 Å². The lowest BCUT2D eigenvalue weighted by molar-refractivity contribution is -0.130. The number of fused-ring (bicyclic) bond motifs is 2. The summed E-state index contributed by atoms with van der Waals surface area (Å²) >= 11 is 1.75. The lowest BCUT2D eigenvalue weighted by atomic mass is 9.87. The topological polar surface area (TPSA) is 46.3 Å². The average Bonchev–Trinajstić information content (AvgIpc) is 2.86. The third kappa shape index (κ3) is 1.70. The van der Waals surface area contributed by atoms with Gasteiger partial charge in [-0.05, 0) is 43.6 Å². The van der Waals surface area contributed by atoms with Crippen LogP contribution in [0.1, 0.15) is 30.6 Å². The summed E-state index contributed by atoms with van der Waals surface area (Å²) in [5.41, 5.74) is 5.27. The van der Waals surface area contributed by atoms with Crippen LogP contribution in [0.5, 0.6) is 0 Å². The van der Waals surface area contributed by atoms with Gasteiger partial charge in [0.25, 0.3) is 0 Å². The Hall–Kier alpha value is -0.870. The normalized spacial score (nSPS) is 32.8. The minimum absolute atomic E-state index is 0.146. The number of nitrogens with zero attached hydrogens (tertiary/aromatic N) is 1. The first-order valence-corrected chi connectivity index (χ1v) is 7.01. The van der Waals surface area contributed by atoms with E-state index in [9.17, 15) is 4.79 Å². The van der Waals surface area contributed by atoms with E-state index in [1.807, 2.05) is 0 Å². The third-order valence-electron chi connectivity index (χ3n) is 4.17. The van der Waals surface area contributed by atoms with Gasteiger partial charge < -0.3 is 5.73 Å².